The van der Waals surface area contributed by atoms with E-state index < -0.39 is 0 Å². The Labute approximate surface area is 95.1 Å². The van der Waals surface area contributed by atoms with E-state index in [9.17, 15) is 4.39 Å². The smallest absolute Gasteiger partial charge is 0.129 e. The fourth-order valence-electron chi connectivity index (χ4n) is 1.35. The second kappa shape index (κ2) is 5.90. The van der Waals surface area contributed by atoms with Gasteiger partial charge in [0.15, 0.2) is 0 Å². The Bertz CT molecular complexity index is 463. The summed E-state index contributed by atoms with van der Waals surface area (Å²) in [5.74, 6) is 5.26. The van der Waals surface area contributed by atoms with Gasteiger partial charge in [-0.25, -0.2) is 4.39 Å². The van der Waals surface area contributed by atoms with E-state index in [0.717, 1.165) is 0 Å². The van der Waals surface area contributed by atoms with E-state index in [1.165, 1.54) is 6.07 Å². The number of hydrogen-bond acceptors (Lipinski definition) is 2. The van der Waals surface area contributed by atoms with Gasteiger partial charge < -0.3 is 0 Å². The third-order valence-electron chi connectivity index (χ3n) is 2.27. The van der Waals surface area contributed by atoms with Gasteiger partial charge in [-0.15, -0.1) is 5.92 Å². The van der Waals surface area contributed by atoms with Gasteiger partial charge in [0.05, 0.1) is 18.2 Å². The number of benzene rings is 1. The number of nitrogens with one attached hydrogen (secondary N) is 1. The van der Waals surface area contributed by atoms with E-state index in [1.54, 1.807) is 19.1 Å². The predicted octanol–water partition coefficient (Wildman–Crippen LogP) is 2.37. The van der Waals surface area contributed by atoms with Crippen LogP contribution in [-0.2, 0) is 0 Å². The Hall–Kier alpha value is -1.84. The average molecular weight is 216 g/mol. The molecule has 1 N–H and O–H groups in total. The summed E-state index contributed by atoms with van der Waals surface area (Å²) in [6.45, 7) is 4.15. The third-order valence-corrected chi connectivity index (χ3v) is 2.27. The van der Waals surface area contributed by atoms with Gasteiger partial charge in [-0.3, -0.25) is 5.32 Å². The van der Waals surface area contributed by atoms with Gasteiger partial charge in [0.1, 0.15) is 5.82 Å². The number of rotatable bonds is 3. The molecule has 1 rings (SSSR count). The van der Waals surface area contributed by atoms with Crippen LogP contribution >= 0.6 is 0 Å². The lowest BCUT2D eigenvalue weighted by Crippen LogP contribution is -2.19. The molecule has 0 fully saturated rings. The zero-order chi connectivity index (χ0) is 12.0. The zero-order valence-electron chi connectivity index (χ0n) is 9.34. The minimum Gasteiger partial charge on any atom is -0.299 e. The summed E-state index contributed by atoms with van der Waals surface area (Å²) in [6, 6.07) is 6.28. The number of hydrogen-bond donors (Lipinski definition) is 1. The molecule has 1 atom stereocenters. The topological polar surface area (TPSA) is 35.8 Å². The molecule has 0 amide bonds. The van der Waals surface area contributed by atoms with Crippen molar-refractivity contribution in [2.24, 2.45) is 0 Å². The molecule has 0 bridgehead atoms. The SMILES string of the molecule is CC#CCNC(C)c1ccc(C#N)cc1F. The van der Waals surface area contributed by atoms with Gasteiger partial charge in [-0.2, -0.15) is 5.26 Å². The zero-order valence-corrected chi connectivity index (χ0v) is 9.34. The molecule has 1 aromatic carbocycles. The first-order valence-corrected chi connectivity index (χ1v) is 5.01. The van der Waals surface area contributed by atoms with Crippen molar-refractivity contribution in [3.63, 3.8) is 0 Å². The van der Waals surface area contributed by atoms with Crippen molar-refractivity contribution in [3.8, 4) is 17.9 Å². The van der Waals surface area contributed by atoms with Crippen molar-refractivity contribution in [2.75, 3.05) is 6.54 Å². The van der Waals surface area contributed by atoms with Gasteiger partial charge in [0.25, 0.3) is 0 Å². The first-order valence-electron chi connectivity index (χ1n) is 5.01. The molecule has 0 saturated heterocycles. The molecule has 0 aliphatic carbocycles. The van der Waals surface area contributed by atoms with Gasteiger partial charge in [-0.05, 0) is 26.0 Å². The first-order chi connectivity index (χ1) is 7.69. The fraction of sp³-hybridized carbons (Fsp3) is 0.308. The molecule has 82 valence electrons. The maximum atomic E-state index is 13.6. The van der Waals surface area contributed by atoms with Crippen molar-refractivity contribution in [1.29, 1.82) is 5.26 Å². The van der Waals surface area contributed by atoms with Crippen LogP contribution in [0.5, 0.6) is 0 Å². The van der Waals surface area contributed by atoms with Crippen molar-refractivity contribution in [3.05, 3.63) is 35.1 Å². The molecule has 0 saturated carbocycles. The van der Waals surface area contributed by atoms with Crippen LogP contribution in [0, 0.1) is 29.0 Å². The third kappa shape index (κ3) is 3.08. The fourth-order valence-corrected chi connectivity index (χ4v) is 1.35. The van der Waals surface area contributed by atoms with E-state index >= 15 is 0 Å². The lowest BCUT2D eigenvalue weighted by atomic mass is 10.1. The molecular formula is C13H13FN2. The minimum atomic E-state index is -0.358. The summed E-state index contributed by atoms with van der Waals surface area (Å²) >= 11 is 0. The maximum Gasteiger partial charge on any atom is 0.129 e. The van der Waals surface area contributed by atoms with Crippen LogP contribution in [0.2, 0.25) is 0 Å². The average Bonchev–Trinajstić information content (AvgIpc) is 2.29. The highest BCUT2D eigenvalue weighted by molar-refractivity contribution is 5.34. The van der Waals surface area contributed by atoms with Crippen molar-refractivity contribution in [1.82, 2.24) is 5.32 Å². The normalized spacial score (nSPS) is 11.1. The Balaban J connectivity index is 2.79. The van der Waals surface area contributed by atoms with Crippen molar-refractivity contribution in [2.45, 2.75) is 19.9 Å². The highest BCUT2D eigenvalue weighted by Crippen LogP contribution is 2.17. The maximum absolute atomic E-state index is 13.6. The summed E-state index contributed by atoms with van der Waals surface area (Å²) in [7, 11) is 0. The Morgan fingerprint density at radius 3 is 2.81 bits per heavy atom. The molecule has 1 aromatic rings. The molecule has 3 heteroatoms. The molecule has 16 heavy (non-hydrogen) atoms. The van der Waals surface area contributed by atoms with E-state index in [0.29, 0.717) is 17.7 Å². The Kier molecular flexibility index (Phi) is 4.51. The van der Waals surface area contributed by atoms with Gasteiger partial charge >= 0.3 is 0 Å². The van der Waals surface area contributed by atoms with Crippen LogP contribution in [0.4, 0.5) is 4.39 Å². The highest BCUT2D eigenvalue weighted by atomic mass is 19.1. The van der Waals surface area contributed by atoms with E-state index in [2.05, 4.69) is 17.2 Å². The first kappa shape index (κ1) is 12.2. The predicted molar refractivity (Wildman–Crippen MR) is 61.0 cm³/mol. The molecule has 0 aromatic heterocycles. The molecule has 0 radical (unpaired) electrons. The molecular weight excluding hydrogens is 203 g/mol. The lowest BCUT2D eigenvalue weighted by molar-refractivity contribution is 0.551. The van der Waals surface area contributed by atoms with Crippen molar-refractivity contribution < 1.29 is 4.39 Å². The standard InChI is InChI=1S/C13H13FN2/c1-3-4-7-16-10(2)12-6-5-11(9-15)8-13(12)14/h5-6,8,10,16H,7H2,1-2H3. The largest absolute Gasteiger partial charge is 0.299 e. The molecule has 0 spiro atoms. The highest BCUT2D eigenvalue weighted by Gasteiger charge is 2.10. The Morgan fingerprint density at radius 2 is 2.25 bits per heavy atom. The van der Waals surface area contributed by atoms with Crippen LogP contribution in [0.15, 0.2) is 18.2 Å². The van der Waals surface area contributed by atoms with E-state index in [1.807, 2.05) is 13.0 Å². The van der Waals surface area contributed by atoms with Gasteiger partial charge in [-0.1, -0.05) is 12.0 Å². The number of nitrogens with zero attached hydrogens (tertiary/aromatic N) is 1. The van der Waals surface area contributed by atoms with Gasteiger partial charge in [0, 0.05) is 11.6 Å². The summed E-state index contributed by atoms with van der Waals surface area (Å²) in [6.07, 6.45) is 0. The molecule has 0 aliphatic heterocycles. The second-order valence-electron chi connectivity index (χ2n) is 3.38. The summed E-state index contributed by atoms with van der Waals surface area (Å²) < 4.78 is 13.6. The van der Waals surface area contributed by atoms with Crippen LogP contribution < -0.4 is 5.32 Å². The number of nitriles is 1. The monoisotopic (exact) mass is 216 g/mol. The molecule has 0 aliphatic rings. The molecule has 2 nitrogen and oxygen atoms in total. The lowest BCUT2D eigenvalue weighted by Gasteiger charge is -2.13. The second-order valence-corrected chi connectivity index (χ2v) is 3.38. The van der Waals surface area contributed by atoms with Crippen LogP contribution in [0.25, 0.3) is 0 Å². The van der Waals surface area contributed by atoms with E-state index in [-0.39, 0.29) is 11.9 Å². The van der Waals surface area contributed by atoms with Crippen LogP contribution in [0.1, 0.15) is 31.0 Å². The molecule has 1 unspecified atom stereocenters. The molecule has 0 heterocycles. The van der Waals surface area contributed by atoms with Gasteiger partial charge in [0.2, 0.25) is 0 Å². The number of halogens is 1. The van der Waals surface area contributed by atoms with Crippen LogP contribution in [0.3, 0.4) is 0 Å². The van der Waals surface area contributed by atoms with E-state index in [4.69, 9.17) is 5.26 Å². The summed E-state index contributed by atoms with van der Waals surface area (Å²) in [4.78, 5) is 0. The van der Waals surface area contributed by atoms with Crippen LogP contribution in [-0.4, -0.2) is 6.54 Å². The summed E-state index contributed by atoms with van der Waals surface area (Å²) in [5.41, 5.74) is 0.888. The minimum absolute atomic E-state index is 0.117. The Morgan fingerprint density at radius 1 is 1.50 bits per heavy atom. The van der Waals surface area contributed by atoms with Crippen molar-refractivity contribution >= 4 is 0 Å². The quantitative estimate of drug-likeness (QED) is 0.787. The summed E-state index contributed by atoms with van der Waals surface area (Å²) in [5, 5.41) is 11.7.